The molecule has 0 radical (unpaired) electrons. The van der Waals surface area contributed by atoms with Crippen LogP contribution in [0.15, 0.2) is 6.33 Å². The van der Waals surface area contributed by atoms with Crippen molar-refractivity contribution in [3.8, 4) is 0 Å². The van der Waals surface area contributed by atoms with Crippen molar-refractivity contribution >= 4 is 0 Å². The van der Waals surface area contributed by atoms with Crippen molar-refractivity contribution in [2.24, 2.45) is 12.5 Å². The lowest BCUT2D eigenvalue weighted by atomic mass is 9.83. The monoisotopic (exact) mass is 268 g/mol. The van der Waals surface area contributed by atoms with Crippen molar-refractivity contribution < 1.29 is 4.74 Å². The molecule has 0 saturated heterocycles. The molecule has 0 saturated carbocycles. The van der Waals surface area contributed by atoms with Crippen LogP contribution >= 0.6 is 0 Å². The molecule has 2 unspecified atom stereocenters. The molecule has 2 atom stereocenters. The first-order valence-electron chi connectivity index (χ1n) is 6.99. The fourth-order valence-corrected chi connectivity index (χ4v) is 2.44. The lowest BCUT2D eigenvalue weighted by molar-refractivity contribution is -0.0115. The van der Waals surface area contributed by atoms with Gasteiger partial charge in [-0.3, -0.25) is 4.68 Å². The summed E-state index contributed by atoms with van der Waals surface area (Å²) in [5.41, 5.74) is 0.0821. The van der Waals surface area contributed by atoms with Gasteiger partial charge in [0.05, 0.1) is 6.10 Å². The molecule has 5 nitrogen and oxygen atoms in total. The molecule has 1 aromatic heterocycles. The van der Waals surface area contributed by atoms with Gasteiger partial charge in [-0.25, -0.2) is 4.98 Å². The maximum Gasteiger partial charge on any atom is 0.138 e. The van der Waals surface area contributed by atoms with Crippen LogP contribution in [0.25, 0.3) is 0 Å². The number of aromatic nitrogens is 3. The van der Waals surface area contributed by atoms with Crippen molar-refractivity contribution in [2.75, 3.05) is 13.7 Å². The average molecular weight is 268 g/mol. The highest BCUT2D eigenvalue weighted by molar-refractivity contribution is 4.95. The van der Waals surface area contributed by atoms with Gasteiger partial charge in [-0.05, 0) is 18.4 Å². The van der Waals surface area contributed by atoms with Gasteiger partial charge in [-0.2, -0.15) is 5.10 Å². The van der Waals surface area contributed by atoms with E-state index < -0.39 is 0 Å². The van der Waals surface area contributed by atoms with Gasteiger partial charge < -0.3 is 10.1 Å². The number of rotatable bonds is 7. The Kier molecular flexibility index (Phi) is 5.94. The molecule has 0 aliphatic heterocycles. The van der Waals surface area contributed by atoms with Gasteiger partial charge >= 0.3 is 0 Å². The van der Waals surface area contributed by atoms with Crippen LogP contribution in [0.3, 0.4) is 0 Å². The summed E-state index contributed by atoms with van der Waals surface area (Å²) in [6, 6.07) is 0.243. The highest BCUT2D eigenvalue weighted by Crippen LogP contribution is 2.26. The van der Waals surface area contributed by atoms with E-state index in [0.717, 1.165) is 25.2 Å². The predicted octanol–water partition coefficient (Wildman–Crippen LogP) is 1.79. The Hall–Kier alpha value is -0.940. The number of nitrogens with one attached hydrogen (secondary N) is 1. The van der Waals surface area contributed by atoms with Gasteiger partial charge in [-0.15, -0.1) is 0 Å². The second-order valence-electron chi connectivity index (χ2n) is 6.09. The molecule has 0 aromatic carbocycles. The third kappa shape index (κ3) is 4.58. The van der Waals surface area contributed by atoms with Crippen LogP contribution in [0.1, 0.15) is 39.9 Å². The average Bonchev–Trinajstić information content (AvgIpc) is 2.70. The van der Waals surface area contributed by atoms with E-state index >= 15 is 0 Å². The Balaban J connectivity index is 2.84. The lowest BCUT2D eigenvalue weighted by Gasteiger charge is -2.36. The minimum Gasteiger partial charge on any atom is -0.379 e. The van der Waals surface area contributed by atoms with Crippen LogP contribution < -0.4 is 5.32 Å². The van der Waals surface area contributed by atoms with Gasteiger partial charge in [0, 0.05) is 26.6 Å². The number of nitrogens with zero attached hydrogens (tertiary/aromatic N) is 3. The second kappa shape index (κ2) is 7.01. The summed E-state index contributed by atoms with van der Waals surface area (Å²) in [4.78, 5) is 4.32. The number of methoxy groups -OCH3 is 1. The summed E-state index contributed by atoms with van der Waals surface area (Å²) in [6.07, 6.45) is 3.67. The molecule has 0 amide bonds. The molecular weight excluding hydrogens is 240 g/mol. The third-order valence-electron chi connectivity index (χ3n) is 3.34. The van der Waals surface area contributed by atoms with Crippen LogP contribution in [0.5, 0.6) is 0 Å². The van der Waals surface area contributed by atoms with Crippen molar-refractivity contribution in [3.63, 3.8) is 0 Å². The highest BCUT2D eigenvalue weighted by atomic mass is 16.5. The van der Waals surface area contributed by atoms with E-state index in [-0.39, 0.29) is 17.6 Å². The lowest BCUT2D eigenvalue weighted by Crippen LogP contribution is -2.49. The maximum absolute atomic E-state index is 5.74. The molecule has 0 aliphatic carbocycles. The quantitative estimate of drug-likeness (QED) is 0.819. The summed E-state index contributed by atoms with van der Waals surface area (Å²) < 4.78 is 7.57. The standard InChI is InChI=1S/C14H28N4O/c1-7-8-15-11(13(19-6)14(2,3)4)9-12-16-10-17-18(12)5/h10-11,13,15H,7-9H2,1-6H3. The first kappa shape index (κ1) is 16.1. The Morgan fingerprint density at radius 3 is 2.53 bits per heavy atom. The first-order chi connectivity index (χ1) is 8.90. The van der Waals surface area contributed by atoms with Crippen molar-refractivity contribution in [3.05, 3.63) is 12.2 Å². The van der Waals surface area contributed by atoms with Gasteiger partial charge in [-0.1, -0.05) is 27.7 Å². The molecule has 0 spiro atoms. The fourth-order valence-electron chi connectivity index (χ4n) is 2.44. The zero-order valence-electron chi connectivity index (χ0n) is 13.1. The minimum absolute atomic E-state index is 0.0821. The maximum atomic E-state index is 5.74. The first-order valence-corrected chi connectivity index (χ1v) is 6.99. The number of hydrogen-bond acceptors (Lipinski definition) is 4. The summed E-state index contributed by atoms with van der Waals surface area (Å²) in [5, 5.41) is 7.72. The number of aryl methyl sites for hydroxylation is 1. The van der Waals surface area contributed by atoms with Crippen LogP contribution in [0.4, 0.5) is 0 Å². The molecular formula is C14H28N4O. The van der Waals surface area contributed by atoms with E-state index in [1.165, 1.54) is 0 Å². The fraction of sp³-hybridized carbons (Fsp3) is 0.857. The van der Waals surface area contributed by atoms with E-state index in [1.807, 2.05) is 11.7 Å². The van der Waals surface area contributed by atoms with Gasteiger partial charge in [0.15, 0.2) is 0 Å². The van der Waals surface area contributed by atoms with Crippen LogP contribution in [-0.2, 0) is 18.2 Å². The smallest absolute Gasteiger partial charge is 0.138 e. The molecule has 0 aliphatic rings. The summed E-state index contributed by atoms with van der Waals surface area (Å²) in [6.45, 7) is 9.78. The largest absolute Gasteiger partial charge is 0.379 e. The normalized spacial score (nSPS) is 15.5. The topological polar surface area (TPSA) is 52.0 Å². The van der Waals surface area contributed by atoms with Crippen LogP contribution in [0, 0.1) is 5.41 Å². The second-order valence-corrected chi connectivity index (χ2v) is 6.09. The molecule has 5 heteroatoms. The van der Waals surface area contributed by atoms with Gasteiger partial charge in [0.2, 0.25) is 0 Å². The molecule has 0 fully saturated rings. The van der Waals surface area contributed by atoms with Crippen LogP contribution in [0.2, 0.25) is 0 Å². The Morgan fingerprint density at radius 2 is 2.11 bits per heavy atom. The van der Waals surface area contributed by atoms with E-state index in [9.17, 15) is 0 Å². The zero-order valence-corrected chi connectivity index (χ0v) is 13.1. The van der Waals surface area contributed by atoms with E-state index in [0.29, 0.717) is 0 Å². The van der Waals surface area contributed by atoms with Crippen LogP contribution in [-0.4, -0.2) is 40.6 Å². The minimum atomic E-state index is 0.0821. The van der Waals surface area contributed by atoms with E-state index in [4.69, 9.17) is 4.74 Å². The van der Waals surface area contributed by atoms with Crippen molar-refractivity contribution in [2.45, 2.75) is 52.7 Å². The number of hydrogen-bond donors (Lipinski definition) is 1. The van der Waals surface area contributed by atoms with Gasteiger partial charge in [0.1, 0.15) is 12.2 Å². The number of ether oxygens (including phenoxy) is 1. The molecule has 1 N–H and O–H groups in total. The summed E-state index contributed by atoms with van der Waals surface area (Å²) in [5.74, 6) is 0.986. The summed E-state index contributed by atoms with van der Waals surface area (Å²) >= 11 is 0. The third-order valence-corrected chi connectivity index (χ3v) is 3.34. The highest BCUT2D eigenvalue weighted by Gasteiger charge is 2.32. The summed E-state index contributed by atoms with van der Waals surface area (Å²) in [7, 11) is 3.71. The molecule has 1 rings (SSSR count). The predicted molar refractivity (Wildman–Crippen MR) is 77.0 cm³/mol. The van der Waals surface area contributed by atoms with Crippen molar-refractivity contribution in [1.82, 2.24) is 20.1 Å². The van der Waals surface area contributed by atoms with E-state index in [1.54, 1.807) is 13.4 Å². The SMILES string of the molecule is CCCNC(Cc1ncnn1C)C(OC)C(C)(C)C. The zero-order chi connectivity index (χ0) is 14.5. The Morgan fingerprint density at radius 1 is 1.42 bits per heavy atom. The molecule has 110 valence electrons. The Labute approximate surface area is 116 Å². The molecule has 1 heterocycles. The molecule has 0 bridgehead atoms. The Bertz CT molecular complexity index is 370. The van der Waals surface area contributed by atoms with Gasteiger partial charge in [0.25, 0.3) is 0 Å². The van der Waals surface area contributed by atoms with E-state index in [2.05, 4.69) is 43.1 Å². The van der Waals surface area contributed by atoms with Crippen molar-refractivity contribution in [1.29, 1.82) is 0 Å². The molecule has 19 heavy (non-hydrogen) atoms. The molecule has 1 aromatic rings.